The SMILES string of the molecule is NC(=O)N1CC(NC(=O)CCn2nnc3ccccc3c2=O)C1. The number of hydrogen-bond acceptors (Lipinski definition) is 5. The molecule has 0 bridgehead atoms. The van der Waals surface area contributed by atoms with E-state index in [1.165, 1.54) is 9.58 Å². The number of benzene rings is 1. The number of fused-ring (bicyclic) bond motifs is 1. The maximum Gasteiger partial charge on any atom is 0.314 e. The van der Waals surface area contributed by atoms with E-state index in [0.29, 0.717) is 24.0 Å². The van der Waals surface area contributed by atoms with Crippen molar-refractivity contribution >= 4 is 22.8 Å². The molecule has 0 aliphatic carbocycles. The average molecular weight is 316 g/mol. The molecule has 0 atom stereocenters. The number of nitrogens with one attached hydrogen (secondary N) is 1. The minimum atomic E-state index is -0.492. The van der Waals surface area contributed by atoms with Crippen molar-refractivity contribution in [3.05, 3.63) is 34.6 Å². The lowest BCUT2D eigenvalue weighted by Crippen LogP contribution is -2.62. The minimum absolute atomic E-state index is 0.0885. The summed E-state index contributed by atoms with van der Waals surface area (Å²) >= 11 is 0. The van der Waals surface area contributed by atoms with E-state index in [1.54, 1.807) is 24.3 Å². The predicted octanol–water partition coefficient (Wildman–Crippen LogP) is -0.939. The number of amides is 3. The number of urea groups is 1. The Bertz CT molecular complexity index is 812. The second kappa shape index (κ2) is 6.03. The van der Waals surface area contributed by atoms with Gasteiger partial charge in [-0.3, -0.25) is 9.59 Å². The lowest BCUT2D eigenvalue weighted by atomic mass is 10.1. The quantitative estimate of drug-likeness (QED) is 0.753. The van der Waals surface area contributed by atoms with Gasteiger partial charge in [0, 0.05) is 19.5 Å². The third-order valence-electron chi connectivity index (χ3n) is 3.74. The second-order valence-corrected chi connectivity index (χ2v) is 5.39. The lowest BCUT2D eigenvalue weighted by Gasteiger charge is -2.38. The molecule has 1 saturated heterocycles. The van der Waals surface area contributed by atoms with E-state index in [2.05, 4.69) is 15.6 Å². The molecule has 3 amide bonds. The van der Waals surface area contributed by atoms with E-state index >= 15 is 0 Å². The third kappa shape index (κ3) is 3.12. The maximum absolute atomic E-state index is 12.2. The van der Waals surface area contributed by atoms with Crippen LogP contribution in [0.25, 0.3) is 10.9 Å². The molecule has 1 aliphatic heterocycles. The van der Waals surface area contributed by atoms with Crippen LogP contribution >= 0.6 is 0 Å². The summed E-state index contributed by atoms with van der Waals surface area (Å²) in [7, 11) is 0. The molecule has 0 spiro atoms. The number of hydrogen-bond donors (Lipinski definition) is 2. The summed E-state index contributed by atoms with van der Waals surface area (Å²) in [6.07, 6.45) is 0.111. The summed E-state index contributed by atoms with van der Waals surface area (Å²) in [5, 5.41) is 11.0. The van der Waals surface area contributed by atoms with Crippen molar-refractivity contribution in [3.63, 3.8) is 0 Å². The maximum atomic E-state index is 12.2. The molecule has 0 unspecified atom stereocenters. The smallest absolute Gasteiger partial charge is 0.314 e. The van der Waals surface area contributed by atoms with Gasteiger partial charge in [0.05, 0.1) is 18.0 Å². The van der Waals surface area contributed by atoms with Gasteiger partial charge >= 0.3 is 6.03 Å². The van der Waals surface area contributed by atoms with Crippen molar-refractivity contribution in [2.75, 3.05) is 13.1 Å². The van der Waals surface area contributed by atoms with Crippen LogP contribution < -0.4 is 16.6 Å². The van der Waals surface area contributed by atoms with Gasteiger partial charge in [-0.25, -0.2) is 9.48 Å². The average Bonchev–Trinajstić information content (AvgIpc) is 2.49. The molecule has 2 aromatic rings. The monoisotopic (exact) mass is 316 g/mol. The van der Waals surface area contributed by atoms with Gasteiger partial charge in [0.15, 0.2) is 0 Å². The first-order chi connectivity index (χ1) is 11.0. The fourth-order valence-corrected chi connectivity index (χ4v) is 2.43. The van der Waals surface area contributed by atoms with Crippen LogP contribution in [0, 0.1) is 0 Å². The number of primary amides is 1. The first-order valence-electron chi connectivity index (χ1n) is 7.21. The molecular formula is C14H16N6O3. The van der Waals surface area contributed by atoms with Crippen LogP contribution in [0.2, 0.25) is 0 Å². The van der Waals surface area contributed by atoms with Gasteiger partial charge in [0.25, 0.3) is 5.56 Å². The summed E-state index contributed by atoms with van der Waals surface area (Å²) in [6.45, 7) is 0.975. The number of likely N-dealkylation sites (tertiary alicyclic amines) is 1. The van der Waals surface area contributed by atoms with Crippen molar-refractivity contribution in [2.24, 2.45) is 5.73 Å². The molecule has 3 N–H and O–H groups in total. The fourth-order valence-electron chi connectivity index (χ4n) is 2.43. The second-order valence-electron chi connectivity index (χ2n) is 5.39. The molecule has 9 heteroatoms. The Morgan fingerprint density at radius 2 is 2.04 bits per heavy atom. The first kappa shape index (κ1) is 14.9. The molecule has 9 nitrogen and oxygen atoms in total. The Morgan fingerprint density at radius 3 is 2.78 bits per heavy atom. The summed E-state index contributed by atoms with van der Waals surface area (Å²) in [5.41, 5.74) is 5.36. The number of carbonyl (C=O) groups is 2. The molecule has 120 valence electrons. The molecule has 1 aromatic carbocycles. The highest BCUT2D eigenvalue weighted by Crippen LogP contribution is 2.07. The van der Waals surface area contributed by atoms with Crippen molar-refractivity contribution in [2.45, 2.75) is 19.0 Å². The number of carbonyl (C=O) groups excluding carboxylic acids is 2. The number of rotatable bonds is 4. The van der Waals surface area contributed by atoms with Crippen LogP contribution in [-0.4, -0.2) is 51.0 Å². The number of nitrogens with zero attached hydrogens (tertiary/aromatic N) is 4. The molecule has 1 fully saturated rings. The van der Waals surface area contributed by atoms with Gasteiger partial charge in [-0.15, -0.1) is 5.10 Å². The Hall–Kier alpha value is -2.97. The van der Waals surface area contributed by atoms with Crippen molar-refractivity contribution in [1.29, 1.82) is 0 Å². The Morgan fingerprint density at radius 1 is 1.30 bits per heavy atom. The molecular weight excluding hydrogens is 300 g/mol. The van der Waals surface area contributed by atoms with E-state index in [1.807, 2.05) is 0 Å². The van der Waals surface area contributed by atoms with Crippen molar-refractivity contribution in [3.8, 4) is 0 Å². The van der Waals surface area contributed by atoms with Gasteiger partial charge < -0.3 is 16.0 Å². The number of nitrogens with two attached hydrogens (primary N) is 1. The molecule has 1 aliphatic rings. The molecule has 0 saturated carbocycles. The minimum Gasteiger partial charge on any atom is -0.351 e. The van der Waals surface area contributed by atoms with Crippen LogP contribution in [0.3, 0.4) is 0 Å². The zero-order valence-electron chi connectivity index (χ0n) is 12.3. The van der Waals surface area contributed by atoms with Gasteiger partial charge in [0.2, 0.25) is 5.91 Å². The number of aromatic nitrogens is 3. The zero-order chi connectivity index (χ0) is 16.4. The topological polar surface area (TPSA) is 123 Å². The van der Waals surface area contributed by atoms with Crippen LogP contribution in [0.4, 0.5) is 4.79 Å². The van der Waals surface area contributed by atoms with E-state index in [9.17, 15) is 14.4 Å². The normalized spacial score (nSPS) is 14.5. The summed E-state index contributed by atoms with van der Waals surface area (Å²) in [5.74, 6) is -0.207. The highest BCUT2D eigenvalue weighted by atomic mass is 16.2. The Kier molecular flexibility index (Phi) is 3.92. The molecule has 23 heavy (non-hydrogen) atoms. The number of aryl methyl sites for hydroxylation is 1. The predicted molar refractivity (Wildman–Crippen MR) is 81.5 cm³/mol. The summed E-state index contributed by atoms with van der Waals surface area (Å²) < 4.78 is 1.18. The largest absolute Gasteiger partial charge is 0.351 e. The van der Waals surface area contributed by atoms with E-state index in [0.717, 1.165) is 0 Å². The van der Waals surface area contributed by atoms with Gasteiger partial charge in [0.1, 0.15) is 5.52 Å². The van der Waals surface area contributed by atoms with Crippen molar-refractivity contribution in [1.82, 2.24) is 25.2 Å². The van der Waals surface area contributed by atoms with E-state index < -0.39 is 6.03 Å². The van der Waals surface area contributed by atoms with E-state index in [-0.39, 0.29) is 30.5 Å². The van der Waals surface area contributed by atoms with Gasteiger partial charge in [-0.05, 0) is 12.1 Å². The standard InChI is InChI=1S/C14H16N6O3/c15-14(23)19-7-9(8-19)16-12(21)5-6-20-13(22)10-3-1-2-4-11(10)17-18-20/h1-4,9H,5-8H2,(H2,15,23)(H,16,21). The summed E-state index contributed by atoms with van der Waals surface area (Å²) in [4.78, 5) is 36.4. The molecule has 3 rings (SSSR count). The van der Waals surface area contributed by atoms with Gasteiger partial charge in [-0.2, -0.15) is 0 Å². The molecule has 0 radical (unpaired) electrons. The zero-order valence-corrected chi connectivity index (χ0v) is 12.3. The fraction of sp³-hybridized carbons (Fsp3) is 0.357. The lowest BCUT2D eigenvalue weighted by molar-refractivity contribution is -0.123. The Balaban J connectivity index is 1.56. The first-order valence-corrected chi connectivity index (χ1v) is 7.21. The molecule has 1 aromatic heterocycles. The highest BCUT2D eigenvalue weighted by Gasteiger charge is 2.30. The Labute approximate surface area is 131 Å². The van der Waals surface area contributed by atoms with Crippen molar-refractivity contribution < 1.29 is 9.59 Å². The molecule has 2 heterocycles. The summed E-state index contributed by atoms with van der Waals surface area (Å²) in [6, 6.07) is 6.34. The van der Waals surface area contributed by atoms with Crippen LogP contribution in [0.1, 0.15) is 6.42 Å². The third-order valence-corrected chi connectivity index (χ3v) is 3.74. The highest BCUT2D eigenvalue weighted by molar-refractivity contribution is 5.78. The van der Waals surface area contributed by atoms with Crippen LogP contribution in [-0.2, 0) is 11.3 Å². The van der Waals surface area contributed by atoms with Gasteiger partial charge in [-0.1, -0.05) is 17.3 Å². The van der Waals surface area contributed by atoms with E-state index in [4.69, 9.17) is 5.73 Å². The van der Waals surface area contributed by atoms with Crippen LogP contribution in [0.5, 0.6) is 0 Å². The van der Waals surface area contributed by atoms with Crippen LogP contribution in [0.15, 0.2) is 29.1 Å².